The minimum atomic E-state index is 0.836. The molecule has 0 atom stereocenters. The largest absolute Gasteiger partial charge is 0.388 e. The molecule has 1 aliphatic heterocycles. The maximum absolute atomic E-state index is 3.37. The summed E-state index contributed by atoms with van der Waals surface area (Å²) < 4.78 is 0. The lowest BCUT2D eigenvalue weighted by atomic mass is 10.1. The quantitative estimate of drug-likeness (QED) is 0.632. The predicted octanol–water partition coefficient (Wildman–Crippen LogP) is 2.30. The van der Waals surface area contributed by atoms with Crippen molar-refractivity contribution in [2.45, 2.75) is 33.1 Å². The number of hydrogen-bond acceptors (Lipinski definition) is 1. The van der Waals surface area contributed by atoms with Crippen molar-refractivity contribution in [1.29, 1.82) is 0 Å². The van der Waals surface area contributed by atoms with Crippen LogP contribution in [0.15, 0.2) is 11.8 Å². The van der Waals surface area contributed by atoms with E-state index in [0.29, 0.717) is 0 Å². The van der Waals surface area contributed by atoms with Crippen molar-refractivity contribution in [3.05, 3.63) is 11.8 Å². The van der Waals surface area contributed by atoms with Crippen molar-refractivity contribution in [1.82, 2.24) is 5.32 Å². The van der Waals surface area contributed by atoms with Crippen LogP contribution in [0.25, 0.3) is 0 Å². The molecule has 0 radical (unpaired) electrons. The lowest BCUT2D eigenvalue weighted by molar-refractivity contribution is 0.574. The van der Waals surface area contributed by atoms with Crippen molar-refractivity contribution >= 4 is 0 Å². The van der Waals surface area contributed by atoms with E-state index in [1.165, 1.54) is 25.0 Å². The second-order valence-electron chi connectivity index (χ2n) is 3.38. The van der Waals surface area contributed by atoms with Crippen molar-refractivity contribution < 1.29 is 0 Å². The molecule has 1 aliphatic rings. The van der Waals surface area contributed by atoms with E-state index >= 15 is 0 Å². The van der Waals surface area contributed by atoms with Crippen molar-refractivity contribution in [2.75, 3.05) is 6.54 Å². The van der Waals surface area contributed by atoms with Crippen molar-refractivity contribution in [2.24, 2.45) is 5.92 Å². The molecule has 58 valence electrons. The standard InChI is InChI=1S/C9H17N/c1-8(2)5-6-9-4-3-7-10-9/h4,8,10H,3,5-7H2,1-2H3. The monoisotopic (exact) mass is 139 g/mol. The molecular formula is C9H17N. The van der Waals surface area contributed by atoms with Gasteiger partial charge in [-0.25, -0.2) is 0 Å². The van der Waals surface area contributed by atoms with Crippen LogP contribution in [-0.4, -0.2) is 6.54 Å². The zero-order valence-electron chi connectivity index (χ0n) is 6.98. The molecule has 1 nitrogen and oxygen atoms in total. The summed E-state index contributed by atoms with van der Waals surface area (Å²) >= 11 is 0. The second-order valence-corrected chi connectivity index (χ2v) is 3.38. The van der Waals surface area contributed by atoms with E-state index in [-0.39, 0.29) is 0 Å². The first-order valence-corrected chi connectivity index (χ1v) is 4.22. The predicted molar refractivity (Wildman–Crippen MR) is 44.8 cm³/mol. The fraction of sp³-hybridized carbons (Fsp3) is 0.778. The maximum Gasteiger partial charge on any atom is 0.0179 e. The van der Waals surface area contributed by atoms with Gasteiger partial charge in [-0.1, -0.05) is 19.9 Å². The zero-order valence-corrected chi connectivity index (χ0v) is 6.98. The molecule has 0 saturated carbocycles. The Labute approximate surface area is 63.5 Å². The van der Waals surface area contributed by atoms with E-state index in [2.05, 4.69) is 25.2 Å². The average Bonchev–Trinajstić information content (AvgIpc) is 2.34. The summed E-state index contributed by atoms with van der Waals surface area (Å²) in [7, 11) is 0. The Hall–Kier alpha value is -0.460. The van der Waals surface area contributed by atoms with Crippen LogP contribution >= 0.6 is 0 Å². The van der Waals surface area contributed by atoms with Gasteiger partial charge in [-0.2, -0.15) is 0 Å². The summed E-state index contributed by atoms with van der Waals surface area (Å²) in [5.41, 5.74) is 1.47. The van der Waals surface area contributed by atoms with Crippen molar-refractivity contribution in [3.8, 4) is 0 Å². The number of allylic oxidation sites excluding steroid dienone is 1. The molecule has 0 bridgehead atoms. The molecule has 0 aromatic rings. The van der Waals surface area contributed by atoms with E-state index in [4.69, 9.17) is 0 Å². The molecule has 0 amide bonds. The highest BCUT2D eigenvalue weighted by Gasteiger charge is 2.02. The molecule has 0 aliphatic carbocycles. The van der Waals surface area contributed by atoms with Crippen LogP contribution in [0.1, 0.15) is 33.1 Å². The summed E-state index contributed by atoms with van der Waals surface area (Å²) in [6, 6.07) is 0. The molecule has 0 unspecified atom stereocenters. The first kappa shape index (κ1) is 7.64. The number of hydrogen-bond donors (Lipinski definition) is 1. The molecule has 10 heavy (non-hydrogen) atoms. The average molecular weight is 139 g/mol. The normalized spacial score (nSPS) is 17.3. The molecule has 0 saturated heterocycles. The highest BCUT2D eigenvalue weighted by Crippen LogP contribution is 2.12. The number of nitrogens with one attached hydrogen (secondary N) is 1. The Morgan fingerprint density at radius 3 is 2.90 bits per heavy atom. The summed E-state index contributed by atoms with van der Waals surface area (Å²) in [6.45, 7) is 5.71. The molecule has 1 N–H and O–H groups in total. The van der Waals surface area contributed by atoms with Crippen LogP contribution in [0.5, 0.6) is 0 Å². The van der Waals surface area contributed by atoms with E-state index in [0.717, 1.165) is 12.5 Å². The molecular weight excluding hydrogens is 122 g/mol. The highest BCUT2D eigenvalue weighted by atomic mass is 14.9. The second kappa shape index (κ2) is 3.65. The van der Waals surface area contributed by atoms with Gasteiger partial charge in [0.05, 0.1) is 0 Å². The maximum atomic E-state index is 3.37. The molecule has 0 spiro atoms. The number of rotatable bonds is 3. The van der Waals surface area contributed by atoms with E-state index in [1.54, 1.807) is 0 Å². The van der Waals surface area contributed by atoms with Crippen LogP contribution in [0.4, 0.5) is 0 Å². The summed E-state index contributed by atoms with van der Waals surface area (Å²) in [5.74, 6) is 0.836. The molecule has 1 heteroatoms. The van der Waals surface area contributed by atoms with E-state index in [1.807, 2.05) is 0 Å². The fourth-order valence-corrected chi connectivity index (χ4v) is 1.19. The van der Waals surface area contributed by atoms with Crippen LogP contribution in [0.2, 0.25) is 0 Å². The lowest BCUT2D eigenvalue weighted by Crippen LogP contribution is -2.07. The van der Waals surface area contributed by atoms with Crippen molar-refractivity contribution in [3.63, 3.8) is 0 Å². The first-order chi connectivity index (χ1) is 4.79. The Morgan fingerprint density at radius 1 is 1.60 bits per heavy atom. The summed E-state index contributed by atoms with van der Waals surface area (Å²) in [6.07, 6.45) is 6.12. The fourth-order valence-electron chi connectivity index (χ4n) is 1.19. The minimum absolute atomic E-state index is 0.836. The Kier molecular flexibility index (Phi) is 2.79. The summed E-state index contributed by atoms with van der Waals surface area (Å²) in [5, 5.41) is 3.37. The topological polar surface area (TPSA) is 12.0 Å². The Morgan fingerprint density at radius 2 is 2.40 bits per heavy atom. The van der Waals surface area contributed by atoms with Gasteiger partial charge < -0.3 is 5.32 Å². The van der Waals surface area contributed by atoms with Gasteiger partial charge in [-0.15, -0.1) is 0 Å². The smallest absolute Gasteiger partial charge is 0.0179 e. The molecule has 0 aromatic carbocycles. The summed E-state index contributed by atoms with van der Waals surface area (Å²) in [4.78, 5) is 0. The van der Waals surface area contributed by atoms with Crippen LogP contribution in [0.3, 0.4) is 0 Å². The van der Waals surface area contributed by atoms with Gasteiger partial charge in [0.1, 0.15) is 0 Å². The third kappa shape index (κ3) is 2.42. The Balaban J connectivity index is 2.13. The molecule has 1 rings (SSSR count). The van der Waals surface area contributed by atoms with Gasteiger partial charge in [0, 0.05) is 12.2 Å². The third-order valence-electron chi connectivity index (χ3n) is 1.88. The van der Waals surface area contributed by atoms with Gasteiger partial charge >= 0.3 is 0 Å². The minimum Gasteiger partial charge on any atom is -0.388 e. The van der Waals surface area contributed by atoms with E-state index in [9.17, 15) is 0 Å². The van der Waals surface area contributed by atoms with Crippen LogP contribution in [0, 0.1) is 5.92 Å². The van der Waals surface area contributed by atoms with Gasteiger partial charge in [0.25, 0.3) is 0 Å². The van der Waals surface area contributed by atoms with Crippen LogP contribution < -0.4 is 5.32 Å². The lowest BCUT2D eigenvalue weighted by Gasteiger charge is -2.05. The van der Waals surface area contributed by atoms with Gasteiger partial charge in [-0.05, 0) is 25.2 Å². The Bertz CT molecular complexity index is 125. The van der Waals surface area contributed by atoms with Gasteiger partial charge in [0.2, 0.25) is 0 Å². The first-order valence-electron chi connectivity index (χ1n) is 4.22. The van der Waals surface area contributed by atoms with E-state index < -0.39 is 0 Å². The van der Waals surface area contributed by atoms with Crippen LogP contribution in [-0.2, 0) is 0 Å². The third-order valence-corrected chi connectivity index (χ3v) is 1.88. The highest BCUT2D eigenvalue weighted by molar-refractivity contribution is 5.05. The SMILES string of the molecule is CC(C)CCC1=CCCN1. The zero-order chi connectivity index (χ0) is 7.40. The van der Waals surface area contributed by atoms with Gasteiger partial charge in [-0.3, -0.25) is 0 Å². The molecule has 1 heterocycles. The van der Waals surface area contributed by atoms with Gasteiger partial charge in [0.15, 0.2) is 0 Å². The molecule has 0 aromatic heterocycles. The molecule has 0 fully saturated rings.